The second kappa shape index (κ2) is 10.0. The molecule has 0 bridgehead atoms. The van der Waals surface area contributed by atoms with Gasteiger partial charge in [-0.15, -0.1) is 0 Å². The van der Waals surface area contributed by atoms with Crippen LogP contribution in [0.25, 0.3) is 0 Å². The molecule has 2 aliphatic rings. The molecule has 1 saturated heterocycles. The first-order chi connectivity index (χ1) is 15.6. The van der Waals surface area contributed by atoms with Gasteiger partial charge in [-0.25, -0.2) is 9.97 Å². The molecular formula is C22H26N4O6. The Labute approximate surface area is 185 Å². The molecule has 10 nitrogen and oxygen atoms in total. The van der Waals surface area contributed by atoms with E-state index in [2.05, 4.69) is 20.4 Å². The predicted octanol–water partition coefficient (Wildman–Crippen LogP) is 0.993. The van der Waals surface area contributed by atoms with Gasteiger partial charge in [0.1, 0.15) is 35.2 Å². The minimum atomic E-state index is -0.313. The number of aromatic nitrogens is 2. The number of aliphatic hydroxyl groups is 1. The number of hydrogen-bond acceptors (Lipinski definition) is 9. The van der Waals surface area contributed by atoms with Crippen LogP contribution in [0.1, 0.15) is 34.0 Å². The zero-order chi connectivity index (χ0) is 22.5. The first-order valence-electron chi connectivity index (χ1n) is 10.4. The van der Waals surface area contributed by atoms with Gasteiger partial charge >= 0.3 is 0 Å². The molecule has 1 fully saturated rings. The van der Waals surface area contributed by atoms with Crippen LogP contribution in [-0.2, 0) is 20.9 Å². The molecule has 3 heterocycles. The third kappa shape index (κ3) is 5.21. The van der Waals surface area contributed by atoms with E-state index in [0.717, 1.165) is 11.3 Å². The van der Waals surface area contributed by atoms with Crippen LogP contribution in [0, 0.1) is 6.92 Å². The molecule has 1 aromatic carbocycles. The number of nitrogens with zero attached hydrogens (tertiary/aromatic N) is 3. The van der Waals surface area contributed by atoms with Crippen LogP contribution < -0.4 is 10.1 Å². The summed E-state index contributed by atoms with van der Waals surface area (Å²) in [6, 6.07) is 9.07. The number of nitrogens with one attached hydrogen (secondary N) is 1. The van der Waals surface area contributed by atoms with E-state index in [9.17, 15) is 4.79 Å². The summed E-state index contributed by atoms with van der Waals surface area (Å²) in [6.45, 7) is 2.64. The minimum absolute atomic E-state index is 0.0798. The van der Waals surface area contributed by atoms with Gasteiger partial charge in [-0.2, -0.15) is 0 Å². The van der Waals surface area contributed by atoms with E-state index in [1.54, 1.807) is 20.1 Å². The number of aliphatic hydroxyl groups excluding tert-OH is 1. The zero-order valence-electron chi connectivity index (χ0n) is 18.0. The second-order valence-corrected chi connectivity index (χ2v) is 7.61. The molecule has 10 heteroatoms. The quantitative estimate of drug-likeness (QED) is 0.651. The number of aryl methyl sites for hydroxylation is 1. The maximum absolute atomic E-state index is 12.7. The highest BCUT2D eigenvalue weighted by molar-refractivity contribution is 6.02. The second-order valence-electron chi connectivity index (χ2n) is 7.61. The summed E-state index contributed by atoms with van der Waals surface area (Å²) in [5.74, 6) is 0.918. The van der Waals surface area contributed by atoms with Crippen molar-refractivity contribution >= 4 is 11.6 Å². The fourth-order valence-corrected chi connectivity index (χ4v) is 3.47. The first kappa shape index (κ1) is 22.1. The molecule has 1 amide bonds. The number of amides is 1. The summed E-state index contributed by atoms with van der Waals surface area (Å²) in [4.78, 5) is 26.9. The largest absolute Gasteiger partial charge is 0.497 e. The standard InChI is InChI=1S/C22H26N4O6/c1-13-24-17(18-8-20(32-26-18)21-12-30-16(10-27)11-31-21)7-19(25-13)22(28)23-9-14-3-5-15(29-2)6-4-14/h3-7,16,20-21,27H,8-12H2,1-2H3,(H,23,28)/t16-,20+,21-/m0/s1. The van der Waals surface area contributed by atoms with Crippen LogP contribution in [0.15, 0.2) is 35.5 Å². The maximum atomic E-state index is 12.7. The number of oxime groups is 1. The molecule has 1 aromatic heterocycles. The Hall–Kier alpha value is -3.08. The van der Waals surface area contributed by atoms with Gasteiger partial charge in [0.2, 0.25) is 0 Å². The summed E-state index contributed by atoms with van der Waals surface area (Å²) in [6.07, 6.45) is -0.431. The molecule has 170 valence electrons. The fourth-order valence-electron chi connectivity index (χ4n) is 3.47. The minimum Gasteiger partial charge on any atom is -0.497 e. The number of rotatable bonds is 7. The van der Waals surface area contributed by atoms with Crippen molar-refractivity contribution in [3.63, 3.8) is 0 Å². The summed E-state index contributed by atoms with van der Waals surface area (Å²) in [7, 11) is 1.61. The smallest absolute Gasteiger partial charge is 0.270 e. The van der Waals surface area contributed by atoms with Crippen molar-refractivity contribution in [3.05, 3.63) is 53.1 Å². The van der Waals surface area contributed by atoms with Crippen molar-refractivity contribution in [3.8, 4) is 5.75 Å². The molecule has 0 saturated carbocycles. The van der Waals surface area contributed by atoms with Crippen molar-refractivity contribution in [2.75, 3.05) is 26.9 Å². The molecule has 3 atom stereocenters. The molecule has 0 unspecified atom stereocenters. The van der Waals surface area contributed by atoms with Gasteiger partial charge in [-0.05, 0) is 30.7 Å². The summed E-state index contributed by atoms with van der Waals surface area (Å²) < 4.78 is 16.4. The van der Waals surface area contributed by atoms with E-state index >= 15 is 0 Å². The van der Waals surface area contributed by atoms with Crippen LogP contribution in [0.2, 0.25) is 0 Å². The van der Waals surface area contributed by atoms with Gasteiger partial charge in [-0.1, -0.05) is 17.3 Å². The Kier molecular flexibility index (Phi) is 6.93. The Morgan fingerprint density at radius 1 is 1.19 bits per heavy atom. The molecule has 32 heavy (non-hydrogen) atoms. The maximum Gasteiger partial charge on any atom is 0.270 e. The van der Waals surface area contributed by atoms with Gasteiger partial charge in [-0.3, -0.25) is 4.79 Å². The monoisotopic (exact) mass is 442 g/mol. The number of methoxy groups -OCH3 is 1. The van der Waals surface area contributed by atoms with E-state index in [-0.39, 0.29) is 36.5 Å². The molecule has 2 aromatic rings. The van der Waals surface area contributed by atoms with Crippen LogP contribution in [0.4, 0.5) is 0 Å². The lowest BCUT2D eigenvalue weighted by Gasteiger charge is -2.30. The number of carbonyl (C=O) groups excluding carboxylic acids is 1. The van der Waals surface area contributed by atoms with Crippen molar-refractivity contribution in [2.24, 2.45) is 5.16 Å². The van der Waals surface area contributed by atoms with E-state index in [4.69, 9.17) is 24.2 Å². The topological polar surface area (TPSA) is 124 Å². The number of benzene rings is 1. The Morgan fingerprint density at radius 2 is 2.00 bits per heavy atom. The van der Waals surface area contributed by atoms with Crippen molar-refractivity contribution in [2.45, 2.75) is 38.2 Å². The molecule has 0 spiro atoms. The van der Waals surface area contributed by atoms with E-state index in [0.29, 0.717) is 43.4 Å². The lowest BCUT2D eigenvalue weighted by molar-refractivity contribution is -0.178. The van der Waals surface area contributed by atoms with Crippen molar-refractivity contribution < 1.29 is 28.9 Å². The molecule has 4 rings (SSSR count). The number of carbonyl (C=O) groups is 1. The third-order valence-electron chi connectivity index (χ3n) is 5.28. The third-order valence-corrected chi connectivity index (χ3v) is 5.28. The highest BCUT2D eigenvalue weighted by Crippen LogP contribution is 2.23. The van der Waals surface area contributed by atoms with Crippen LogP contribution in [-0.4, -0.2) is 71.9 Å². The normalized spacial score (nSPS) is 22.7. The van der Waals surface area contributed by atoms with E-state index in [1.807, 2.05) is 24.3 Å². The Bertz CT molecular complexity index is 973. The highest BCUT2D eigenvalue weighted by atomic mass is 16.7. The van der Waals surface area contributed by atoms with Gasteiger partial charge < -0.3 is 29.5 Å². The molecule has 0 radical (unpaired) electrons. The Balaban J connectivity index is 1.37. The molecule has 2 aliphatic heterocycles. The van der Waals surface area contributed by atoms with Crippen LogP contribution >= 0.6 is 0 Å². The zero-order valence-corrected chi connectivity index (χ0v) is 18.0. The SMILES string of the molecule is COc1ccc(CNC(=O)c2cc(C3=NO[C@@H]([C@@H]4CO[C@@H](CO)CO4)C3)nc(C)n2)cc1. The van der Waals surface area contributed by atoms with Crippen LogP contribution in [0.3, 0.4) is 0 Å². The van der Waals surface area contributed by atoms with E-state index in [1.165, 1.54) is 0 Å². The average Bonchev–Trinajstić information content (AvgIpc) is 3.33. The number of ether oxygens (including phenoxy) is 3. The first-order valence-corrected chi connectivity index (χ1v) is 10.4. The Morgan fingerprint density at radius 3 is 2.69 bits per heavy atom. The summed E-state index contributed by atoms with van der Waals surface area (Å²) in [5.41, 5.74) is 2.37. The van der Waals surface area contributed by atoms with Gasteiger partial charge in [0, 0.05) is 13.0 Å². The van der Waals surface area contributed by atoms with Crippen molar-refractivity contribution in [1.29, 1.82) is 0 Å². The summed E-state index contributed by atoms with van der Waals surface area (Å²) in [5, 5.41) is 16.2. The predicted molar refractivity (Wildman–Crippen MR) is 114 cm³/mol. The molecule has 2 N–H and O–H groups in total. The van der Waals surface area contributed by atoms with E-state index < -0.39 is 0 Å². The lowest BCUT2D eigenvalue weighted by Crippen LogP contribution is -2.43. The molecular weight excluding hydrogens is 416 g/mol. The van der Waals surface area contributed by atoms with Gasteiger partial charge in [0.05, 0.1) is 32.6 Å². The average molecular weight is 442 g/mol. The fraction of sp³-hybridized carbons (Fsp3) is 0.455. The number of hydrogen-bond donors (Lipinski definition) is 2. The van der Waals surface area contributed by atoms with Crippen molar-refractivity contribution in [1.82, 2.24) is 15.3 Å². The van der Waals surface area contributed by atoms with Crippen LogP contribution in [0.5, 0.6) is 5.75 Å². The van der Waals surface area contributed by atoms with Gasteiger partial charge in [0.15, 0.2) is 6.10 Å². The lowest BCUT2D eigenvalue weighted by atomic mass is 10.0. The van der Waals surface area contributed by atoms with Gasteiger partial charge in [0.25, 0.3) is 5.91 Å². The molecule has 0 aliphatic carbocycles. The summed E-state index contributed by atoms with van der Waals surface area (Å²) >= 11 is 0. The highest BCUT2D eigenvalue weighted by Gasteiger charge is 2.35.